The largest absolute Gasteiger partial charge is 0.456 e. The van der Waals surface area contributed by atoms with Crippen molar-refractivity contribution in [1.29, 1.82) is 0 Å². The van der Waals surface area contributed by atoms with Crippen LogP contribution in [0.15, 0.2) is 259 Å². The fourth-order valence-corrected chi connectivity index (χ4v) is 14.6. The van der Waals surface area contributed by atoms with E-state index in [4.69, 9.17) is 8.53 Å². The molecular weight excluding hydrogens is 1160 g/mol. The van der Waals surface area contributed by atoms with Crippen LogP contribution in [0.3, 0.4) is 0 Å². The van der Waals surface area contributed by atoms with E-state index in [1.807, 2.05) is 18.2 Å². The zero-order valence-corrected chi connectivity index (χ0v) is 58.2. The summed E-state index contributed by atoms with van der Waals surface area (Å²) in [5.41, 5.74) is 26.9. The average molecular weight is 1250 g/mol. The van der Waals surface area contributed by atoms with Crippen LogP contribution in [0.5, 0.6) is 0 Å². The van der Waals surface area contributed by atoms with Gasteiger partial charge in [-0.05, 0) is 176 Å². The molecule has 0 aliphatic carbocycles. The fourth-order valence-electron chi connectivity index (χ4n) is 14.6. The Morgan fingerprint density at radius 1 is 0.302 bits per heavy atom. The van der Waals surface area contributed by atoms with Crippen LogP contribution in [-0.2, 0) is 27.1 Å². The van der Waals surface area contributed by atoms with Crippen LogP contribution < -0.4 is 26.2 Å². The highest BCUT2D eigenvalue weighted by atomic mass is 16.3. The van der Waals surface area contributed by atoms with Crippen molar-refractivity contribution in [1.82, 2.24) is 0 Å². The van der Waals surface area contributed by atoms with E-state index >= 15 is 0 Å². The number of furan rings is 1. The van der Waals surface area contributed by atoms with E-state index in [-0.39, 0.29) is 56.8 Å². The smallest absolute Gasteiger partial charge is 0.252 e. The maximum atomic E-state index is 9.62. The summed E-state index contributed by atoms with van der Waals surface area (Å²) in [6.45, 7) is 34.2. The van der Waals surface area contributed by atoms with E-state index in [9.17, 15) is 2.74 Å². The molecule has 2 aliphatic heterocycles. The maximum absolute atomic E-state index is 9.62. The predicted octanol–water partition coefficient (Wildman–Crippen LogP) is 24.2. The molecule has 96 heavy (non-hydrogen) atoms. The maximum Gasteiger partial charge on any atom is 0.252 e. The molecule has 1 aromatic heterocycles. The summed E-state index contributed by atoms with van der Waals surface area (Å²) in [7, 11) is 0. The Hall–Kier alpha value is -9.90. The first-order valence-electron chi connectivity index (χ1n) is 36.6. The van der Waals surface area contributed by atoms with Gasteiger partial charge in [0.25, 0.3) is 6.71 Å². The second kappa shape index (κ2) is 22.9. The van der Waals surface area contributed by atoms with Crippen molar-refractivity contribution in [2.75, 3.05) is 9.80 Å². The normalized spacial score (nSPS) is 14.0. The molecule has 0 saturated heterocycles. The zero-order valence-electron chi connectivity index (χ0n) is 63.2. The van der Waals surface area contributed by atoms with E-state index in [1.165, 1.54) is 27.8 Å². The fraction of sp³-hybridized carbons (Fsp3) is 0.217. The molecule has 0 fully saturated rings. The molecule has 0 atom stereocenters. The number of hydrogen-bond acceptors (Lipinski definition) is 3. The molecule has 0 N–H and O–H groups in total. The Morgan fingerprint density at radius 2 is 0.688 bits per heavy atom. The molecule has 0 saturated carbocycles. The van der Waals surface area contributed by atoms with E-state index in [2.05, 4.69) is 320 Å². The van der Waals surface area contributed by atoms with Crippen LogP contribution in [-0.4, -0.2) is 6.71 Å². The number of fused-ring (bicyclic) bond motifs is 7. The lowest BCUT2D eigenvalue weighted by Crippen LogP contribution is -2.61. The molecular formula is C92H87BN2O. The molecule has 12 aromatic carbocycles. The minimum atomic E-state index is -0.435. The summed E-state index contributed by atoms with van der Waals surface area (Å²) in [6, 6.07) is 81.1. The number of rotatable bonds is 8. The van der Waals surface area contributed by atoms with Gasteiger partial charge >= 0.3 is 0 Å². The third-order valence-corrected chi connectivity index (χ3v) is 20.1. The van der Waals surface area contributed by atoms with Crippen molar-refractivity contribution < 1.29 is 11.3 Å². The van der Waals surface area contributed by atoms with Gasteiger partial charge in [0, 0.05) is 44.8 Å². The standard InChI is InChI=1S/C92H87BN2O/c1-88(2,3)67-46-64(47-68(54-67)89(4,5)6)63-41-44-76-78(51-63)94(86-74(60-34-24-18-25-35-60)56-71(92(13,14)15)57-75(86)61-36-26-19-27-37-61)80-52-66(65-48-69(90(7,8)9)55-70(49-65)91(10,11)12)53-81-85(80)93(76)77-43-40-62(58-30-20-16-21-31-58)50-79(77)95(81)87-72(59-32-22-17-23-33-59)42-45-83-84(87)73-38-28-29-39-82(73)96-83/h16-57H,1-15H3/i16D,20D,21D,30D,31D. The summed E-state index contributed by atoms with van der Waals surface area (Å²) in [5.74, 6) is 0. The molecule has 474 valence electrons. The molecule has 0 radical (unpaired) electrons. The molecule has 3 nitrogen and oxygen atoms in total. The van der Waals surface area contributed by atoms with Crippen molar-refractivity contribution >= 4 is 79.2 Å². The highest BCUT2D eigenvalue weighted by Crippen LogP contribution is 2.56. The van der Waals surface area contributed by atoms with E-state index in [0.717, 1.165) is 123 Å². The van der Waals surface area contributed by atoms with Crippen molar-refractivity contribution in [2.24, 2.45) is 0 Å². The molecule has 15 rings (SSSR count). The number of anilines is 6. The highest BCUT2D eigenvalue weighted by Gasteiger charge is 2.46. The van der Waals surface area contributed by atoms with Crippen LogP contribution >= 0.6 is 0 Å². The Kier molecular flexibility index (Phi) is 13.5. The summed E-state index contributed by atoms with van der Waals surface area (Å²) in [6.07, 6.45) is 0. The van der Waals surface area contributed by atoms with Crippen LogP contribution in [0.25, 0.3) is 88.7 Å². The second-order valence-corrected chi connectivity index (χ2v) is 31.9. The van der Waals surface area contributed by atoms with Gasteiger partial charge in [0.1, 0.15) is 11.2 Å². The summed E-state index contributed by atoms with van der Waals surface area (Å²) >= 11 is 0. The predicted molar refractivity (Wildman–Crippen MR) is 414 cm³/mol. The van der Waals surface area contributed by atoms with Gasteiger partial charge in [0.15, 0.2) is 0 Å². The van der Waals surface area contributed by atoms with Crippen molar-refractivity contribution in [3.63, 3.8) is 0 Å². The minimum Gasteiger partial charge on any atom is -0.456 e. The Bertz CT molecular complexity index is 5350. The molecule has 0 bridgehead atoms. The van der Waals surface area contributed by atoms with Gasteiger partial charge in [-0.3, -0.25) is 0 Å². The van der Waals surface area contributed by atoms with Crippen LogP contribution in [0.4, 0.5) is 34.1 Å². The van der Waals surface area contributed by atoms with Gasteiger partial charge < -0.3 is 14.2 Å². The van der Waals surface area contributed by atoms with Crippen LogP contribution in [0.1, 0.15) is 139 Å². The number of hydrogen-bond donors (Lipinski definition) is 0. The first-order chi connectivity index (χ1) is 47.8. The lowest BCUT2D eigenvalue weighted by molar-refractivity contribution is 0.568. The topological polar surface area (TPSA) is 19.6 Å². The molecule has 4 heteroatoms. The molecule has 0 unspecified atom stereocenters. The number of nitrogens with zero attached hydrogens (tertiary/aromatic N) is 2. The quantitative estimate of drug-likeness (QED) is 0.141. The average Bonchev–Trinajstić information content (AvgIpc) is 1.58. The molecule has 13 aromatic rings. The molecule has 0 amide bonds. The van der Waals surface area contributed by atoms with E-state index < -0.39 is 12.8 Å². The van der Waals surface area contributed by atoms with Gasteiger partial charge in [-0.1, -0.05) is 304 Å². The van der Waals surface area contributed by atoms with E-state index in [1.54, 1.807) is 0 Å². The molecule has 0 spiro atoms. The van der Waals surface area contributed by atoms with Gasteiger partial charge in [-0.25, -0.2) is 0 Å². The van der Waals surface area contributed by atoms with Gasteiger partial charge in [-0.2, -0.15) is 0 Å². The molecule has 2 aliphatic rings. The van der Waals surface area contributed by atoms with E-state index in [0.29, 0.717) is 11.1 Å². The first-order valence-corrected chi connectivity index (χ1v) is 34.1. The summed E-state index contributed by atoms with van der Waals surface area (Å²) in [5, 5.41) is 1.87. The SMILES string of the molecule is [2H]c1c([2H])c([2H])c(-c2ccc3c(c2)N(c2c(-c4ccccc4)ccc4oc5ccccc5c24)c2cc(-c4cc(C(C)(C)C)cc(C(C)(C)C)c4)cc4c2B3c2ccc(-c3cc(C(C)(C)C)cc(C(C)(C)C)c3)cc2N4c2c(-c3ccccc3)cc(C(C)(C)C)cc2-c2ccccc2)c([2H])c1[2H]. The van der Waals surface area contributed by atoms with Crippen molar-refractivity contribution in [3.8, 4) is 66.8 Å². The minimum absolute atomic E-state index is 0.135. The molecule has 3 heterocycles. The highest BCUT2D eigenvalue weighted by molar-refractivity contribution is 7.00. The van der Waals surface area contributed by atoms with Gasteiger partial charge in [0.05, 0.1) is 23.6 Å². The van der Waals surface area contributed by atoms with Crippen LogP contribution in [0.2, 0.25) is 0 Å². The second-order valence-electron chi connectivity index (χ2n) is 31.9. The van der Waals surface area contributed by atoms with Crippen molar-refractivity contribution in [2.45, 2.75) is 131 Å². The lowest BCUT2D eigenvalue weighted by atomic mass is 9.33. The Morgan fingerprint density at radius 3 is 1.16 bits per heavy atom. The lowest BCUT2D eigenvalue weighted by Gasteiger charge is -2.46. The van der Waals surface area contributed by atoms with Crippen LogP contribution in [0, 0.1) is 0 Å². The summed E-state index contributed by atoms with van der Waals surface area (Å²) < 4.78 is 53.2. The third kappa shape index (κ3) is 11.0. The first kappa shape index (κ1) is 56.5. The monoisotopic (exact) mass is 1250 g/mol. The zero-order chi connectivity index (χ0) is 71.3. The Balaban J connectivity index is 1.19. The third-order valence-electron chi connectivity index (χ3n) is 20.1. The van der Waals surface area contributed by atoms with Gasteiger partial charge in [0.2, 0.25) is 0 Å². The summed E-state index contributed by atoms with van der Waals surface area (Å²) in [4.78, 5) is 5.10. The number of benzene rings is 12. The van der Waals surface area contributed by atoms with Gasteiger partial charge in [-0.15, -0.1) is 0 Å². The van der Waals surface area contributed by atoms with Crippen molar-refractivity contribution in [3.05, 3.63) is 282 Å². The Labute approximate surface area is 577 Å². The number of para-hydroxylation sites is 1.